The minimum atomic E-state index is -4.91. The predicted molar refractivity (Wildman–Crippen MR) is 77.8 cm³/mol. The molecule has 3 rings (SSSR count). The third-order valence-corrected chi connectivity index (χ3v) is 4.09. The van der Waals surface area contributed by atoms with Gasteiger partial charge in [-0.2, -0.15) is 13.2 Å². The molecule has 0 saturated carbocycles. The van der Waals surface area contributed by atoms with Gasteiger partial charge in [-0.15, -0.1) is 0 Å². The second kappa shape index (κ2) is 5.40. The van der Waals surface area contributed by atoms with Crippen LogP contribution in [0.25, 0.3) is 10.9 Å². The molecule has 1 unspecified atom stereocenters. The second-order valence-corrected chi connectivity index (χ2v) is 5.85. The number of carbonyl (C=O) groups excluding carboxylic acids is 2. The molecule has 1 amide bonds. The van der Waals surface area contributed by atoms with Crippen molar-refractivity contribution in [1.82, 2.24) is 9.88 Å². The molecule has 2 aromatic rings. The largest absolute Gasteiger partial charge is 0.471 e. The van der Waals surface area contributed by atoms with E-state index in [1.807, 2.05) is 24.3 Å². The van der Waals surface area contributed by atoms with Crippen molar-refractivity contribution in [2.24, 2.45) is 0 Å². The van der Waals surface area contributed by atoms with E-state index in [0.29, 0.717) is 5.69 Å². The molecule has 0 saturated heterocycles. The highest BCUT2D eigenvalue weighted by atomic mass is 19.4. The molecule has 7 heteroatoms. The zero-order valence-electron chi connectivity index (χ0n) is 12.4. The fourth-order valence-corrected chi connectivity index (χ4v) is 3.27. The molecule has 0 fully saturated rings. The quantitative estimate of drug-likeness (QED) is 0.923. The molecule has 1 atom stereocenters. The van der Waals surface area contributed by atoms with Gasteiger partial charge in [0.1, 0.15) is 5.78 Å². The van der Waals surface area contributed by atoms with Crippen LogP contribution in [0.15, 0.2) is 24.3 Å². The lowest BCUT2D eigenvalue weighted by Gasteiger charge is -2.33. The van der Waals surface area contributed by atoms with Gasteiger partial charge in [-0.1, -0.05) is 18.2 Å². The van der Waals surface area contributed by atoms with Crippen LogP contribution in [-0.2, 0) is 16.1 Å². The van der Waals surface area contributed by atoms with E-state index in [1.54, 1.807) is 0 Å². The molecule has 122 valence electrons. The van der Waals surface area contributed by atoms with Crippen molar-refractivity contribution in [1.29, 1.82) is 0 Å². The molecule has 1 aromatic heterocycles. The van der Waals surface area contributed by atoms with Crippen LogP contribution in [0, 0.1) is 0 Å². The maximum atomic E-state index is 12.7. The fourth-order valence-electron chi connectivity index (χ4n) is 3.27. The minimum Gasteiger partial charge on any atom is -0.357 e. The Bertz CT molecular complexity index is 779. The Morgan fingerprint density at radius 3 is 2.65 bits per heavy atom. The van der Waals surface area contributed by atoms with E-state index in [1.165, 1.54) is 6.92 Å². The van der Waals surface area contributed by atoms with Crippen LogP contribution in [0.5, 0.6) is 0 Å². The van der Waals surface area contributed by atoms with Crippen LogP contribution in [0.2, 0.25) is 0 Å². The van der Waals surface area contributed by atoms with E-state index in [9.17, 15) is 22.8 Å². The Balaban J connectivity index is 2.06. The molecule has 2 heterocycles. The van der Waals surface area contributed by atoms with Gasteiger partial charge in [-0.25, -0.2) is 0 Å². The Morgan fingerprint density at radius 1 is 1.30 bits per heavy atom. The van der Waals surface area contributed by atoms with Gasteiger partial charge in [-0.05, 0) is 18.6 Å². The summed E-state index contributed by atoms with van der Waals surface area (Å²) in [6.07, 6.45) is -4.80. The molecule has 0 radical (unpaired) electrons. The number of rotatable bonds is 2. The predicted octanol–water partition coefficient (Wildman–Crippen LogP) is 3.14. The number of amides is 1. The highest BCUT2D eigenvalue weighted by Gasteiger charge is 2.45. The summed E-state index contributed by atoms with van der Waals surface area (Å²) >= 11 is 0. The SMILES string of the molecule is CC(=O)CC1CN(C(=O)C(F)(F)F)Cc2[nH]c3ccccc3c21. The molecule has 0 spiro atoms. The lowest BCUT2D eigenvalue weighted by molar-refractivity contribution is -0.186. The number of alkyl halides is 3. The molecule has 1 aliphatic heterocycles. The van der Waals surface area contributed by atoms with Crippen molar-refractivity contribution in [3.63, 3.8) is 0 Å². The summed E-state index contributed by atoms with van der Waals surface area (Å²) in [6.45, 7) is 1.17. The van der Waals surface area contributed by atoms with E-state index >= 15 is 0 Å². The number of nitrogens with zero attached hydrogens (tertiary/aromatic N) is 1. The van der Waals surface area contributed by atoms with Crippen molar-refractivity contribution in [2.45, 2.75) is 32.0 Å². The van der Waals surface area contributed by atoms with Crippen LogP contribution < -0.4 is 0 Å². The Labute approximate surface area is 130 Å². The number of hydrogen-bond acceptors (Lipinski definition) is 2. The number of aromatic nitrogens is 1. The number of nitrogens with one attached hydrogen (secondary N) is 1. The average Bonchev–Trinajstić information content (AvgIpc) is 2.83. The third-order valence-electron chi connectivity index (χ3n) is 4.09. The first-order chi connectivity index (χ1) is 10.8. The summed E-state index contributed by atoms with van der Waals surface area (Å²) in [7, 11) is 0. The Hall–Kier alpha value is -2.31. The van der Waals surface area contributed by atoms with Crippen LogP contribution in [-0.4, -0.2) is 34.3 Å². The van der Waals surface area contributed by atoms with Crippen LogP contribution in [0.3, 0.4) is 0 Å². The van der Waals surface area contributed by atoms with Crippen molar-refractivity contribution in [3.05, 3.63) is 35.5 Å². The molecular weight excluding hydrogens is 309 g/mol. The Kier molecular flexibility index (Phi) is 3.66. The van der Waals surface area contributed by atoms with Crippen LogP contribution >= 0.6 is 0 Å². The first-order valence-electron chi connectivity index (χ1n) is 7.22. The van der Waals surface area contributed by atoms with Crippen molar-refractivity contribution >= 4 is 22.6 Å². The standard InChI is InChI=1S/C16H15F3N2O2/c1-9(22)6-10-7-21(15(23)16(17,18)19)8-13-14(10)11-4-2-3-5-12(11)20-13/h2-5,10,20H,6-8H2,1H3. The van der Waals surface area contributed by atoms with E-state index in [2.05, 4.69) is 4.98 Å². The molecule has 1 aliphatic rings. The molecule has 4 nitrogen and oxygen atoms in total. The third kappa shape index (κ3) is 2.83. The smallest absolute Gasteiger partial charge is 0.357 e. The summed E-state index contributed by atoms with van der Waals surface area (Å²) in [5.41, 5.74) is 2.22. The Morgan fingerprint density at radius 2 is 2.00 bits per heavy atom. The fraction of sp³-hybridized carbons (Fsp3) is 0.375. The van der Waals surface area contributed by atoms with Gasteiger partial charge in [0.25, 0.3) is 0 Å². The maximum absolute atomic E-state index is 12.7. The van der Waals surface area contributed by atoms with Crippen molar-refractivity contribution < 1.29 is 22.8 Å². The van der Waals surface area contributed by atoms with Gasteiger partial charge in [-0.3, -0.25) is 4.79 Å². The first kappa shape index (κ1) is 15.6. The highest BCUT2D eigenvalue weighted by Crippen LogP contribution is 2.37. The van der Waals surface area contributed by atoms with Gasteiger partial charge in [0.15, 0.2) is 0 Å². The van der Waals surface area contributed by atoms with E-state index in [4.69, 9.17) is 0 Å². The summed E-state index contributed by atoms with van der Waals surface area (Å²) in [5, 5.41) is 0.896. The van der Waals surface area contributed by atoms with E-state index in [-0.39, 0.29) is 25.3 Å². The van der Waals surface area contributed by atoms with Crippen molar-refractivity contribution in [3.8, 4) is 0 Å². The van der Waals surface area contributed by atoms with Gasteiger partial charge in [0, 0.05) is 35.5 Å². The zero-order valence-corrected chi connectivity index (χ0v) is 12.4. The average molecular weight is 324 g/mol. The minimum absolute atomic E-state index is 0.104. The second-order valence-electron chi connectivity index (χ2n) is 5.85. The van der Waals surface area contributed by atoms with Gasteiger partial charge in [0.05, 0.1) is 6.54 Å². The zero-order chi connectivity index (χ0) is 16.8. The number of para-hydroxylation sites is 1. The molecule has 0 aliphatic carbocycles. The normalized spacial score (nSPS) is 18.1. The number of H-pyrrole nitrogens is 1. The monoisotopic (exact) mass is 324 g/mol. The number of Topliss-reactive ketones (excluding diaryl/α,β-unsaturated/α-hetero) is 1. The molecule has 1 aromatic carbocycles. The number of ketones is 1. The van der Waals surface area contributed by atoms with Crippen LogP contribution in [0.4, 0.5) is 13.2 Å². The number of halogens is 3. The number of hydrogen-bond donors (Lipinski definition) is 1. The van der Waals surface area contributed by atoms with E-state index < -0.39 is 18.0 Å². The van der Waals surface area contributed by atoms with Gasteiger partial charge in [0.2, 0.25) is 0 Å². The number of fused-ring (bicyclic) bond motifs is 3. The topological polar surface area (TPSA) is 53.2 Å². The lowest BCUT2D eigenvalue weighted by Crippen LogP contribution is -2.45. The lowest BCUT2D eigenvalue weighted by atomic mass is 9.88. The van der Waals surface area contributed by atoms with E-state index in [0.717, 1.165) is 21.4 Å². The molecule has 0 bridgehead atoms. The number of benzene rings is 1. The first-order valence-corrected chi connectivity index (χ1v) is 7.22. The highest BCUT2D eigenvalue weighted by molar-refractivity contribution is 5.88. The van der Waals surface area contributed by atoms with Gasteiger partial charge < -0.3 is 14.7 Å². The summed E-state index contributed by atoms with van der Waals surface area (Å²) in [6, 6.07) is 7.37. The van der Waals surface area contributed by atoms with Crippen molar-refractivity contribution in [2.75, 3.05) is 6.54 Å². The molecule has 23 heavy (non-hydrogen) atoms. The maximum Gasteiger partial charge on any atom is 0.471 e. The molecule has 1 N–H and O–H groups in total. The number of aromatic amines is 1. The molecular formula is C16H15F3N2O2. The number of carbonyl (C=O) groups is 2. The summed E-state index contributed by atoms with van der Waals surface area (Å²) in [5.74, 6) is -2.42. The van der Waals surface area contributed by atoms with Gasteiger partial charge >= 0.3 is 12.1 Å². The van der Waals surface area contributed by atoms with Crippen LogP contribution in [0.1, 0.15) is 30.5 Å². The summed E-state index contributed by atoms with van der Waals surface area (Å²) in [4.78, 5) is 26.9. The summed E-state index contributed by atoms with van der Waals surface area (Å²) < 4.78 is 38.2.